The van der Waals surface area contributed by atoms with E-state index in [0.29, 0.717) is 0 Å². The number of rotatable bonds is 5. The van der Waals surface area contributed by atoms with Crippen LogP contribution < -0.4 is 10.2 Å². The molecule has 1 aliphatic heterocycles. The summed E-state index contributed by atoms with van der Waals surface area (Å²) in [6.07, 6.45) is 10.7. The molecule has 0 radical (unpaired) electrons. The lowest BCUT2D eigenvalue weighted by molar-refractivity contribution is 0.351. The number of nitrogens with zero attached hydrogens (tertiary/aromatic N) is 2. The minimum Gasteiger partial charge on any atom is -0.371 e. The summed E-state index contributed by atoms with van der Waals surface area (Å²) in [6.45, 7) is 8.11. The van der Waals surface area contributed by atoms with Crippen LogP contribution in [0.1, 0.15) is 51.5 Å². The standard InChI is InChI=1S/C18H29N3/c1-14(2)15-4-3-10-21(11-8-15)18-7-9-19-12-16(18)13-20-17-5-6-17/h7,9,12,14-15,17,20H,3-6,8,10-11,13H2,1-2H3. The zero-order valence-corrected chi connectivity index (χ0v) is 13.5. The smallest absolute Gasteiger partial charge is 0.0442 e. The van der Waals surface area contributed by atoms with Crippen molar-refractivity contribution in [1.29, 1.82) is 0 Å². The van der Waals surface area contributed by atoms with E-state index in [1.807, 2.05) is 6.20 Å². The first-order valence-corrected chi connectivity index (χ1v) is 8.65. The van der Waals surface area contributed by atoms with Gasteiger partial charge in [0.25, 0.3) is 0 Å². The molecule has 1 saturated heterocycles. The number of aromatic nitrogens is 1. The van der Waals surface area contributed by atoms with Gasteiger partial charge in [-0.1, -0.05) is 13.8 Å². The van der Waals surface area contributed by atoms with Crippen molar-refractivity contribution in [1.82, 2.24) is 10.3 Å². The highest BCUT2D eigenvalue weighted by Gasteiger charge is 2.23. The Morgan fingerprint density at radius 3 is 2.86 bits per heavy atom. The molecule has 1 atom stereocenters. The van der Waals surface area contributed by atoms with Crippen LogP contribution >= 0.6 is 0 Å². The van der Waals surface area contributed by atoms with Gasteiger partial charge >= 0.3 is 0 Å². The maximum Gasteiger partial charge on any atom is 0.0442 e. The molecule has 1 saturated carbocycles. The third-order valence-corrected chi connectivity index (χ3v) is 5.09. The fraction of sp³-hybridized carbons (Fsp3) is 0.722. The van der Waals surface area contributed by atoms with Crippen molar-refractivity contribution in [3.63, 3.8) is 0 Å². The normalized spacial score (nSPS) is 23.4. The number of anilines is 1. The van der Waals surface area contributed by atoms with Gasteiger partial charge < -0.3 is 10.2 Å². The van der Waals surface area contributed by atoms with Crippen molar-refractivity contribution < 1.29 is 0 Å². The first-order valence-electron chi connectivity index (χ1n) is 8.65. The SMILES string of the molecule is CC(C)C1CCCN(c2ccncc2CNC2CC2)CC1. The van der Waals surface area contributed by atoms with Crippen LogP contribution in [-0.2, 0) is 6.54 Å². The Kier molecular flexibility index (Phi) is 4.79. The van der Waals surface area contributed by atoms with Crippen LogP contribution in [0.15, 0.2) is 18.5 Å². The van der Waals surface area contributed by atoms with Crippen molar-refractivity contribution in [2.75, 3.05) is 18.0 Å². The van der Waals surface area contributed by atoms with Crippen molar-refractivity contribution >= 4 is 5.69 Å². The molecule has 116 valence electrons. The zero-order chi connectivity index (χ0) is 14.7. The molecule has 0 aromatic carbocycles. The monoisotopic (exact) mass is 287 g/mol. The molecule has 2 fully saturated rings. The second-order valence-electron chi connectivity index (χ2n) is 7.08. The van der Waals surface area contributed by atoms with E-state index in [-0.39, 0.29) is 0 Å². The Morgan fingerprint density at radius 2 is 2.10 bits per heavy atom. The van der Waals surface area contributed by atoms with Crippen LogP contribution in [0, 0.1) is 11.8 Å². The Labute approximate surface area is 129 Å². The molecule has 1 aliphatic carbocycles. The van der Waals surface area contributed by atoms with Crippen molar-refractivity contribution in [2.24, 2.45) is 11.8 Å². The van der Waals surface area contributed by atoms with Gasteiger partial charge in [-0.25, -0.2) is 0 Å². The van der Waals surface area contributed by atoms with Crippen LogP contribution in [0.25, 0.3) is 0 Å². The maximum atomic E-state index is 4.34. The largest absolute Gasteiger partial charge is 0.371 e. The first-order chi connectivity index (χ1) is 10.2. The minimum atomic E-state index is 0.757. The van der Waals surface area contributed by atoms with Gasteiger partial charge in [-0.15, -0.1) is 0 Å². The van der Waals surface area contributed by atoms with E-state index >= 15 is 0 Å². The van der Waals surface area contributed by atoms with Crippen molar-refractivity contribution in [2.45, 2.75) is 58.5 Å². The summed E-state index contributed by atoms with van der Waals surface area (Å²) in [4.78, 5) is 6.93. The third-order valence-electron chi connectivity index (χ3n) is 5.09. The summed E-state index contributed by atoms with van der Waals surface area (Å²) in [7, 11) is 0. The lowest BCUT2D eigenvalue weighted by Gasteiger charge is -2.26. The summed E-state index contributed by atoms with van der Waals surface area (Å²) in [5, 5.41) is 3.63. The number of hydrogen-bond donors (Lipinski definition) is 1. The van der Waals surface area contributed by atoms with Gasteiger partial charge in [0.15, 0.2) is 0 Å². The minimum absolute atomic E-state index is 0.757. The molecule has 1 aromatic heterocycles. The quantitative estimate of drug-likeness (QED) is 0.897. The first kappa shape index (κ1) is 14.8. The van der Waals surface area contributed by atoms with Crippen LogP contribution in [-0.4, -0.2) is 24.1 Å². The van der Waals surface area contributed by atoms with Gasteiger partial charge in [-0.3, -0.25) is 4.98 Å². The Bertz CT molecular complexity index is 454. The average molecular weight is 287 g/mol. The average Bonchev–Trinajstić information content (AvgIpc) is 3.32. The molecular formula is C18H29N3. The van der Waals surface area contributed by atoms with Crippen molar-refractivity contribution in [3.8, 4) is 0 Å². The van der Waals surface area contributed by atoms with Gasteiger partial charge in [0.1, 0.15) is 0 Å². The molecule has 1 unspecified atom stereocenters. The predicted octanol–water partition coefficient (Wildman–Crippen LogP) is 3.60. The molecule has 1 aromatic rings. The maximum absolute atomic E-state index is 4.34. The molecule has 2 heterocycles. The molecule has 3 rings (SSSR count). The molecule has 0 amide bonds. The van der Waals surface area contributed by atoms with E-state index in [1.54, 1.807) is 0 Å². The highest BCUT2D eigenvalue weighted by atomic mass is 15.1. The lowest BCUT2D eigenvalue weighted by atomic mass is 9.89. The molecule has 3 heteroatoms. The second kappa shape index (κ2) is 6.78. The number of hydrogen-bond acceptors (Lipinski definition) is 3. The molecule has 1 N–H and O–H groups in total. The molecule has 3 nitrogen and oxygen atoms in total. The third kappa shape index (κ3) is 3.97. The lowest BCUT2D eigenvalue weighted by Crippen LogP contribution is -2.27. The van der Waals surface area contributed by atoms with Crippen LogP contribution in [0.2, 0.25) is 0 Å². The highest BCUT2D eigenvalue weighted by Crippen LogP contribution is 2.29. The second-order valence-corrected chi connectivity index (χ2v) is 7.08. The van der Waals surface area contributed by atoms with E-state index in [9.17, 15) is 0 Å². The molecular weight excluding hydrogens is 258 g/mol. The van der Waals surface area contributed by atoms with Gasteiger partial charge in [0.05, 0.1) is 0 Å². The van der Waals surface area contributed by atoms with E-state index < -0.39 is 0 Å². The van der Waals surface area contributed by atoms with Gasteiger partial charge in [-0.05, 0) is 50.0 Å². The van der Waals surface area contributed by atoms with Gasteiger partial charge in [-0.2, -0.15) is 0 Å². The Balaban J connectivity index is 1.67. The Hall–Kier alpha value is -1.09. The number of pyridine rings is 1. The summed E-state index contributed by atoms with van der Waals surface area (Å²) in [6, 6.07) is 2.96. The van der Waals surface area contributed by atoms with Crippen molar-refractivity contribution in [3.05, 3.63) is 24.0 Å². The van der Waals surface area contributed by atoms with Gasteiger partial charge in [0.2, 0.25) is 0 Å². The van der Waals surface area contributed by atoms with E-state index in [0.717, 1.165) is 24.4 Å². The molecule has 0 bridgehead atoms. The van der Waals surface area contributed by atoms with E-state index in [4.69, 9.17) is 0 Å². The zero-order valence-electron chi connectivity index (χ0n) is 13.5. The predicted molar refractivity (Wildman–Crippen MR) is 88.5 cm³/mol. The summed E-state index contributed by atoms with van der Waals surface area (Å²) < 4.78 is 0. The van der Waals surface area contributed by atoms with Crippen LogP contribution in [0.5, 0.6) is 0 Å². The molecule has 21 heavy (non-hydrogen) atoms. The Morgan fingerprint density at radius 1 is 1.24 bits per heavy atom. The molecule has 2 aliphatic rings. The fourth-order valence-electron chi connectivity index (χ4n) is 3.44. The van der Waals surface area contributed by atoms with Crippen LogP contribution in [0.4, 0.5) is 5.69 Å². The van der Waals surface area contributed by atoms with Gasteiger partial charge in [0, 0.05) is 49.3 Å². The summed E-state index contributed by atoms with van der Waals surface area (Å²) in [5.74, 6) is 1.71. The van der Waals surface area contributed by atoms with E-state index in [2.05, 4.69) is 41.3 Å². The number of nitrogens with one attached hydrogen (secondary N) is 1. The highest BCUT2D eigenvalue weighted by molar-refractivity contribution is 5.52. The van der Waals surface area contributed by atoms with Crippen LogP contribution in [0.3, 0.4) is 0 Å². The van der Waals surface area contributed by atoms with E-state index in [1.165, 1.54) is 56.4 Å². The fourth-order valence-corrected chi connectivity index (χ4v) is 3.44. The topological polar surface area (TPSA) is 28.2 Å². The summed E-state index contributed by atoms with van der Waals surface area (Å²) >= 11 is 0. The molecule has 0 spiro atoms. The summed E-state index contributed by atoms with van der Waals surface area (Å²) in [5.41, 5.74) is 2.77.